The number of nitrogens with one attached hydrogen (secondary N) is 1. The molecule has 1 aromatic heterocycles. The molecule has 0 unspecified atom stereocenters. The molecule has 158 valence electrons. The normalized spacial score (nSPS) is 19.5. The standard InChI is InChI=1S/C15H19N5O8S/c1-6-9(12(24)20(6)27-4-8(21)22)18-11(23)10(7-5-29-14(16)17-7)19-28-15(2,3)13(25)26/h5-6,9H,4H2,1-3H3,(H2,16,17)(H,18,23)(H,21,22)(H,25,26)/t6-,9+/m1/s1. The zero-order valence-electron chi connectivity index (χ0n) is 15.6. The van der Waals surface area contributed by atoms with E-state index in [1.54, 1.807) is 0 Å². The lowest BCUT2D eigenvalue weighted by Gasteiger charge is -2.43. The van der Waals surface area contributed by atoms with Crippen LogP contribution in [-0.2, 0) is 28.9 Å². The van der Waals surface area contributed by atoms with Crippen LogP contribution < -0.4 is 11.1 Å². The molecule has 2 rings (SSSR count). The van der Waals surface area contributed by atoms with Gasteiger partial charge in [0.05, 0.1) is 6.04 Å². The lowest BCUT2D eigenvalue weighted by Crippen LogP contribution is -2.70. The first-order valence-electron chi connectivity index (χ1n) is 8.13. The van der Waals surface area contributed by atoms with Gasteiger partial charge < -0.3 is 26.1 Å². The summed E-state index contributed by atoms with van der Waals surface area (Å²) in [6, 6.07) is -1.66. The molecule has 0 saturated carbocycles. The van der Waals surface area contributed by atoms with Gasteiger partial charge in [-0.25, -0.2) is 19.6 Å². The van der Waals surface area contributed by atoms with E-state index >= 15 is 0 Å². The Morgan fingerprint density at radius 1 is 1.41 bits per heavy atom. The van der Waals surface area contributed by atoms with E-state index < -0.39 is 48.0 Å². The molecule has 29 heavy (non-hydrogen) atoms. The third-order valence-corrected chi connectivity index (χ3v) is 4.48. The molecular weight excluding hydrogens is 410 g/mol. The molecule has 0 radical (unpaired) electrons. The van der Waals surface area contributed by atoms with Gasteiger partial charge in [0.2, 0.25) is 5.60 Å². The van der Waals surface area contributed by atoms with E-state index in [-0.39, 0.29) is 16.5 Å². The molecule has 1 saturated heterocycles. The second-order valence-electron chi connectivity index (χ2n) is 6.44. The number of nitrogens with zero attached hydrogens (tertiary/aromatic N) is 3. The molecule has 14 heteroatoms. The van der Waals surface area contributed by atoms with Crippen LogP contribution in [-0.4, -0.2) is 74.0 Å². The van der Waals surface area contributed by atoms with Gasteiger partial charge in [0.25, 0.3) is 11.8 Å². The van der Waals surface area contributed by atoms with Gasteiger partial charge in [0, 0.05) is 5.38 Å². The van der Waals surface area contributed by atoms with Crippen molar-refractivity contribution in [1.82, 2.24) is 15.4 Å². The second-order valence-corrected chi connectivity index (χ2v) is 7.33. The Kier molecular flexibility index (Phi) is 6.38. The summed E-state index contributed by atoms with van der Waals surface area (Å²) >= 11 is 1.02. The van der Waals surface area contributed by atoms with Crippen LogP contribution in [0.1, 0.15) is 26.5 Å². The van der Waals surface area contributed by atoms with Crippen molar-refractivity contribution in [2.24, 2.45) is 5.16 Å². The predicted molar refractivity (Wildman–Crippen MR) is 97.7 cm³/mol. The minimum absolute atomic E-state index is 0.0320. The SMILES string of the molecule is C[C@@H]1[C@H](NC(=O)C(=NOC(C)(C)C(=O)O)c2csc(N)n2)C(=O)N1OCC(=O)O. The first kappa shape index (κ1) is 22.0. The van der Waals surface area contributed by atoms with Crippen molar-refractivity contribution in [2.45, 2.75) is 38.5 Å². The average Bonchev–Trinajstić information content (AvgIpc) is 3.05. The molecule has 0 spiro atoms. The van der Waals surface area contributed by atoms with Gasteiger partial charge in [0.1, 0.15) is 11.7 Å². The second kappa shape index (κ2) is 8.40. The zero-order valence-corrected chi connectivity index (χ0v) is 16.4. The van der Waals surface area contributed by atoms with Crippen LogP contribution >= 0.6 is 11.3 Å². The monoisotopic (exact) mass is 429 g/mol. The van der Waals surface area contributed by atoms with Crippen LogP contribution in [0.25, 0.3) is 0 Å². The van der Waals surface area contributed by atoms with Gasteiger partial charge in [-0.15, -0.1) is 11.3 Å². The fourth-order valence-electron chi connectivity index (χ4n) is 2.09. The summed E-state index contributed by atoms with van der Waals surface area (Å²) in [5.41, 5.74) is 3.49. The largest absolute Gasteiger partial charge is 0.479 e. The number of nitrogens with two attached hydrogens (primary N) is 1. The van der Waals surface area contributed by atoms with Gasteiger partial charge in [-0.05, 0) is 20.8 Å². The number of hydrogen-bond acceptors (Lipinski definition) is 10. The van der Waals surface area contributed by atoms with Crippen LogP contribution in [0, 0.1) is 0 Å². The van der Waals surface area contributed by atoms with E-state index in [0.717, 1.165) is 16.4 Å². The van der Waals surface area contributed by atoms with Crippen LogP contribution in [0.15, 0.2) is 10.5 Å². The molecule has 2 heterocycles. The molecular formula is C15H19N5O8S. The highest BCUT2D eigenvalue weighted by Crippen LogP contribution is 2.21. The quantitative estimate of drug-likeness (QED) is 0.216. The van der Waals surface area contributed by atoms with Crippen molar-refractivity contribution in [1.29, 1.82) is 0 Å². The number of hydrogen-bond donors (Lipinski definition) is 4. The van der Waals surface area contributed by atoms with E-state index in [4.69, 9.17) is 25.6 Å². The smallest absolute Gasteiger partial charge is 0.350 e. The lowest BCUT2D eigenvalue weighted by molar-refractivity contribution is -0.233. The van der Waals surface area contributed by atoms with Crippen molar-refractivity contribution < 1.29 is 39.1 Å². The first-order valence-corrected chi connectivity index (χ1v) is 9.01. The third kappa shape index (κ3) is 4.97. The van der Waals surface area contributed by atoms with Crippen LogP contribution in [0.4, 0.5) is 5.13 Å². The molecule has 0 bridgehead atoms. The number of aliphatic carboxylic acids is 2. The first-order chi connectivity index (χ1) is 13.4. The minimum atomic E-state index is -1.73. The van der Waals surface area contributed by atoms with E-state index in [2.05, 4.69) is 15.5 Å². The van der Waals surface area contributed by atoms with Crippen LogP contribution in [0.2, 0.25) is 0 Å². The van der Waals surface area contributed by atoms with Gasteiger partial charge in [-0.1, -0.05) is 5.16 Å². The molecule has 0 aromatic carbocycles. The van der Waals surface area contributed by atoms with Crippen molar-refractivity contribution in [2.75, 3.05) is 12.3 Å². The predicted octanol–water partition coefficient (Wildman–Crippen LogP) is -0.959. The molecule has 1 fully saturated rings. The van der Waals surface area contributed by atoms with Crippen LogP contribution in [0.3, 0.4) is 0 Å². The van der Waals surface area contributed by atoms with Crippen molar-refractivity contribution in [3.05, 3.63) is 11.1 Å². The molecule has 2 amide bonds. The van der Waals surface area contributed by atoms with E-state index in [0.29, 0.717) is 0 Å². The number of carbonyl (C=O) groups excluding carboxylic acids is 2. The highest BCUT2D eigenvalue weighted by atomic mass is 32.1. The summed E-state index contributed by atoms with van der Waals surface area (Å²) in [5.74, 6) is -4.09. The molecule has 1 aliphatic heterocycles. The summed E-state index contributed by atoms with van der Waals surface area (Å²) in [6.07, 6.45) is 0. The summed E-state index contributed by atoms with van der Waals surface area (Å²) < 4.78 is 0. The highest BCUT2D eigenvalue weighted by Gasteiger charge is 2.47. The summed E-state index contributed by atoms with van der Waals surface area (Å²) in [7, 11) is 0. The average molecular weight is 429 g/mol. The summed E-state index contributed by atoms with van der Waals surface area (Å²) in [5, 5.41) is 26.1. The molecule has 2 atom stereocenters. The summed E-state index contributed by atoms with van der Waals surface area (Å²) in [4.78, 5) is 60.2. The van der Waals surface area contributed by atoms with Gasteiger partial charge >= 0.3 is 11.9 Å². The number of carboxylic acid groups (broad SMARTS) is 2. The molecule has 5 N–H and O–H groups in total. The minimum Gasteiger partial charge on any atom is -0.479 e. The summed E-state index contributed by atoms with van der Waals surface area (Å²) in [6.45, 7) is 3.30. The van der Waals surface area contributed by atoms with Gasteiger partial charge in [-0.3, -0.25) is 14.4 Å². The number of β-lactam (4-membered cyclic amide) rings is 1. The zero-order chi connectivity index (χ0) is 21.9. The number of oxime groups is 1. The number of anilines is 1. The topological polar surface area (TPSA) is 194 Å². The third-order valence-electron chi connectivity index (χ3n) is 3.81. The Labute approximate surface area is 168 Å². The number of nitrogen functional groups attached to an aromatic ring is 1. The molecule has 13 nitrogen and oxygen atoms in total. The number of aromatic nitrogens is 1. The van der Waals surface area contributed by atoms with E-state index in [9.17, 15) is 19.2 Å². The maximum absolute atomic E-state index is 12.7. The Bertz CT molecular complexity index is 867. The van der Waals surface area contributed by atoms with Crippen molar-refractivity contribution >= 4 is 45.9 Å². The number of rotatable bonds is 9. The van der Waals surface area contributed by atoms with Crippen LogP contribution in [0.5, 0.6) is 0 Å². The lowest BCUT2D eigenvalue weighted by atomic mass is 10.00. The molecule has 1 aromatic rings. The molecule has 0 aliphatic carbocycles. The number of hydroxylamine groups is 2. The Morgan fingerprint density at radius 2 is 2.07 bits per heavy atom. The number of carboxylic acids is 2. The number of amides is 2. The fourth-order valence-corrected chi connectivity index (χ4v) is 2.64. The number of carbonyl (C=O) groups is 4. The maximum atomic E-state index is 12.7. The Morgan fingerprint density at radius 3 is 2.55 bits per heavy atom. The Balaban J connectivity index is 2.15. The van der Waals surface area contributed by atoms with E-state index in [1.165, 1.54) is 26.2 Å². The highest BCUT2D eigenvalue weighted by molar-refractivity contribution is 7.13. The molecule has 1 aliphatic rings. The Hall–Kier alpha value is -3.26. The maximum Gasteiger partial charge on any atom is 0.350 e. The van der Waals surface area contributed by atoms with Gasteiger partial charge in [0.15, 0.2) is 17.5 Å². The fraction of sp³-hybridized carbons (Fsp3) is 0.467. The van der Waals surface area contributed by atoms with Crippen molar-refractivity contribution in [3.8, 4) is 0 Å². The van der Waals surface area contributed by atoms with Gasteiger partial charge in [-0.2, -0.15) is 0 Å². The van der Waals surface area contributed by atoms with E-state index in [1.807, 2.05) is 0 Å². The number of thiazole rings is 1. The van der Waals surface area contributed by atoms with Crippen molar-refractivity contribution in [3.63, 3.8) is 0 Å².